The van der Waals surface area contributed by atoms with Crippen molar-refractivity contribution in [3.05, 3.63) is 11.1 Å². The minimum absolute atomic E-state index is 1.05. The summed E-state index contributed by atoms with van der Waals surface area (Å²) in [5, 5.41) is 3.91. The summed E-state index contributed by atoms with van der Waals surface area (Å²) in [5.74, 6) is 0. The lowest BCUT2D eigenvalue weighted by Crippen LogP contribution is -1.93. The molecule has 0 saturated carbocycles. The number of rotatable bonds is 1. The van der Waals surface area contributed by atoms with Crippen molar-refractivity contribution in [1.82, 2.24) is 0 Å². The fourth-order valence-electron chi connectivity index (χ4n) is 1.15. The molecule has 0 aromatic heterocycles. The first-order chi connectivity index (χ1) is 4.75. The first-order valence-electron chi connectivity index (χ1n) is 3.52. The zero-order valence-electron chi connectivity index (χ0n) is 6.77. The molecule has 0 aromatic rings. The van der Waals surface area contributed by atoms with Crippen LogP contribution in [0.2, 0.25) is 0 Å². The third-order valence-electron chi connectivity index (χ3n) is 2.01. The van der Waals surface area contributed by atoms with Gasteiger partial charge in [0.2, 0.25) is 0 Å². The fourth-order valence-corrected chi connectivity index (χ4v) is 1.15. The van der Waals surface area contributed by atoms with Gasteiger partial charge in [-0.2, -0.15) is 0 Å². The molecule has 0 N–H and O–H groups in total. The van der Waals surface area contributed by atoms with E-state index in [1.807, 2.05) is 0 Å². The summed E-state index contributed by atoms with van der Waals surface area (Å²) in [6.45, 7) is 4.24. The molecule has 0 bridgehead atoms. The predicted octanol–water partition coefficient (Wildman–Crippen LogP) is 2.12. The molecule has 1 aliphatic rings. The topological polar surface area (TPSA) is 21.6 Å². The Kier molecular flexibility index (Phi) is 2.10. The molecule has 0 fully saturated rings. The van der Waals surface area contributed by atoms with Gasteiger partial charge in [-0.1, -0.05) is 10.7 Å². The van der Waals surface area contributed by atoms with E-state index in [4.69, 9.17) is 4.84 Å². The van der Waals surface area contributed by atoms with Crippen LogP contribution in [0.1, 0.15) is 26.7 Å². The van der Waals surface area contributed by atoms with Crippen molar-refractivity contribution in [3.63, 3.8) is 0 Å². The number of oxime groups is 1. The molecule has 0 heterocycles. The molecule has 2 nitrogen and oxygen atoms in total. The van der Waals surface area contributed by atoms with Crippen LogP contribution in [0.15, 0.2) is 16.3 Å². The van der Waals surface area contributed by atoms with E-state index < -0.39 is 0 Å². The molecule has 2 heteroatoms. The second kappa shape index (κ2) is 2.86. The number of hydrogen-bond acceptors (Lipinski definition) is 2. The molecular weight excluding hydrogens is 126 g/mol. The van der Waals surface area contributed by atoms with Gasteiger partial charge in [0.15, 0.2) is 0 Å². The normalized spacial score (nSPS) is 22.5. The second-order valence-corrected chi connectivity index (χ2v) is 2.63. The lowest BCUT2D eigenvalue weighted by atomic mass is 10.2. The Morgan fingerprint density at radius 3 is 2.40 bits per heavy atom. The van der Waals surface area contributed by atoms with Crippen molar-refractivity contribution in [2.75, 3.05) is 7.11 Å². The molecule has 0 amide bonds. The van der Waals surface area contributed by atoms with Gasteiger partial charge < -0.3 is 4.84 Å². The molecule has 10 heavy (non-hydrogen) atoms. The highest BCUT2D eigenvalue weighted by Crippen LogP contribution is 2.22. The van der Waals surface area contributed by atoms with Crippen LogP contribution in [0.5, 0.6) is 0 Å². The number of hydrogen-bond donors (Lipinski definition) is 0. The van der Waals surface area contributed by atoms with Crippen LogP contribution >= 0.6 is 0 Å². The summed E-state index contributed by atoms with van der Waals surface area (Å²) >= 11 is 0. The summed E-state index contributed by atoms with van der Waals surface area (Å²) in [6, 6.07) is 0. The summed E-state index contributed by atoms with van der Waals surface area (Å²) in [5.41, 5.74) is 3.86. The van der Waals surface area contributed by atoms with E-state index in [-0.39, 0.29) is 0 Å². The molecule has 0 unspecified atom stereocenters. The molecular formula is C8H13NO. The van der Waals surface area contributed by atoms with Crippen LogP contribution in [-0.4, -0.2) is 12.8 Å². The van der Waals surface area contributed by atoms with Crippen molar-refractivity contribution >= 4 is 5.71 Å². The van der Waals surface area contributed by atoms with Crippen molar-refractivity contribution in [2.24, 2.45) is 5.16 Å². The van der Waals surface area contributed by atoms with Crippen LogP contribution in [0.4, 0.5) is 0 Å². The number of allylic oxidation sites excluding steroid dienone is 2. The zero-order chi connectivity index (χ0) is 7.56. The highest BCUT2D eigenvalue weighted by Gasteiger charge is 2.13. The Morgan fingerprint density at radius 1 is 1.30 bits per heavy atom. The van der Waals surface area contributed by atoms with E-state index >= 15 is 0 Å². The van der Waals surface area contributed by atoms with Gasteiger partial charge in [0.05, 0.1) is 5.71 Å². The summed E-state index contributed by atoms with van der Waals surface area (Å²) in [6.07, 6.45) is 2.19. The van der Waals surface area contributed by atoms with Crippen molar-refractivity contribution < 1.29 is 4.84 Å². The van der Waals surface area contributed by atoms with Gasteiger partial charge in [0.1, 0.15) is 7.11 Å². The van der Waals surface area contributed by atoms with Crippen LogP contribution in [0.3, 0.4) is 0 Å². The fraction of sp³-hybridized carbons (Fsp3) is 0.625. The average Bonchev–Trinajstić information content (AvgIpc) is 2.20. The van der Waals surface area contributed by atoms with Crippen LogP contribution < -0.4 is 0 Å². The molecule has 0 atom stereocenters. The molecule has 56 valence electrons. The minimum atomic E-state index is 1.05. The van der Waals surface area contributed by atoms with Gasteiger partial charge in [-0.05, 0) is 32.3 Å². The second-order valence-electron chi connectivity index (χ2n) is 2.63. The molecule has 0 spiro atoms. The van der Waals surface area contributed by atoms with E-state index in [1.54, 1.807) is 7.11 Å². The van der Waals surface area contributed by atoms with E-state index in [2.05, 4.69) is 19.0 Å². The van der Waals surface area contributed by atoms with E-state index in [9.17, 15) is 0 Å². The molecule has 0 radical (unpaired) electrons. The quantitative estimate of drug-likeness (QED) is 0.510. The lowest BCUT2D eigenvalue weighted by Gasteiger charge is -1.95. The maximum Gasteiger partial charge on any atom is 0.106 e. The maximum absolute atomic E-state index is 4.70. The Bertz CT molecular complexity index is 191. The minimum Gasteiger partial charge on any atom is -0.399 e. The first kappa shape index (κ1) is 7.32. The molecule has 0 aromatic carbocycles. The average molecular weight is 139 g/mol. The third-order valence-corrected chi connectivity index (χ3v) is 2.01. The molecule has 1 rings (SSSR count). The Hall–Kier alpha value is -0.790. The van der Waals surface area contributed by atoms with E-state index in [0.717, 1.165) is 18.6 Å². The highest BCUT2D eigenvalue weighted by molar-refractivity contribution is 6.02. The maximum atomic E-state index is 4.70. The van der Waals surface area contributed by atoms with Crippen LogP contribution in [0.25, 0.3) is 0 Å². The van der Waals surface area contributed by atoms with Gasteiger partial charge in [-0.25, -0.2) is 0 Å². The molecule has 1 aliphatic carbocycles. The van der Waals surface area contributed by atoms with Gasteiger partial charge in [-0.15, -0.1) is 0 Å². The summed E-state index contributed by atoms with van der Waals surface area (Å²) in [4.78, 5) is 4.70. The molecule has 0 aliphatic heterocycles. The van der Waals surface area contributed by atoms with Crippen molar-refractivity contribution in [3.8, 4) is 0 Å². The van der Waals surface area contributed by atoms with Crippen LogP contribution in [-0.2, 0) is 4.84 Å². The van der Waals surface area contributed by atoms with E-state index in [1.165, 1.54) is 11.1 Å². The monoisotopic (exact) mass is 139 g/mol. The standard InChI is InChI=1S/C8H13NO/c1-6-4-5-8(7(6)2)9-10-3/h4-5H2,1-3H3/b9-8+. The van der Waals surface area contributed by atoms with Gasteiger partial charge in [-0.3, -0.25) is 0 Å². The van der Waals surface area contributed by atoms with E-state index in [0.29, 0.717) is 0 Å². The van der Waals surface area contributed by atoms with Gasteiger partial charge in [0.25, 0.3) is 0 Å². The smallest absolute Gasteiger partial charge is 0.106 e. The number of nitrogens with zero attached hydrogens (tertiary/aromatic N) is 1. The first-order valence-corrected chi connectivity index (χ1v) is 3.52. The Balaban J connectivity index is 2.77. The van der Waals surface area contributed by atoms with Gasteiger partial charge >= 0.3 is 0 Å². The zero-order valence-corrected chi connectivity index (χ0v) is 6.77. The SMILES string of the molecule is CO/N=C1\CCC(C)=C1C. The third kappa shape index (κ3) is 1.20. The Morgan fingerprint density at radius 2 is 2.00 bits per heavy atom. The van der Waals surface area contributed by atoms with Crippen LogP contribution in [0, 0.1) is 0 Å². The van der Waals surface area contributed by atoms with Gasteiger partial charge in [0, 0.05) is 0 Å². The molecule has 0 saturated heterocycles. The Labute approximate surface area is 61.6 Å². The largest absolute Gasteiger partial charge is 0.399 e. The predicted molar refractivity (Wildman–Crippen MR) is 42.1 cm³/mol. The van der Waals surface area contributed by atoms with Crippen molar-refractivity contribution in [2.45, 2.75) is 26.7 Å². The summed E-state index contributed by atoms with van der Waals surface area (Å²) in [7, 11) is 1.59. The van der Waals surface area contributed by atoms with Crippen molar-refractivity contribution in [1.29, 1.82) is 0 Å². The highest BCUT2D eigenvalue weighted by atomic mass is 16.6. The summed E-state index contributed by atoms with van der Waals surface area (Å²) < 4.78 is 0. The lowest BCUT2D eigenvalue weighted by molar-refractivity contribution is 0.213.